The number of amides is 1. The van der Waals surface area contributed by atoms with Crippen LogP contribution in [0.15, 0.2) is 82.7 Å². The largest absolute Gasteiger partial charge is 0.454 e. The van der Waals surface area contributed by atoms with Crippen molar-refractivity contribution in [3.8, 4) is 11.5 Å². The van der Waals surface area contributed by atoms with Crippen LogP contribution >= 0.6 is 11.8 Å². The van der Waals surface area contributed by atoms with Gasteiger partial charge in [-0.05, 0) is 72.6 Å². The van der Waals surface area contributed by atoms with Crippen molar-refractivity contribution in [2.24, 2.45) is 4.99 Å². The third kappa shape index (κ3) is 3.89. The molecule has 1 fully saturated rings. The number of hydrogen-bond donors (Lipinski definition) is 0. The van der Waals surface area contributed by atoms with E-state index >= 15 is 0 Å². The molecule has 0 unspecified atom stereocenters. The Morgan fingerprint density at radius 3 is 2.38 bits per heavy atom. The number of aliphatic imine (C=N–C) groups is 1. The minimum atomic E-state index is -0.151. The van der Waals surface area contributed by atoms with Crippen molar-refractivity contribution in [1.82, 2.24) is 4.90 Å². The first kappa shape index (κ1) is 20.4. The molecule has 3 aromatic carbocycles. The van der Waals surface area contributed by atoms with Crippen LogP contribution in [0.3, 0.4) is 0 Å². The molecule has 1 atom stereocenters. The minimum Gasteiger partial charge on any atom is -0.454 e. The Kier molecular flexibility index (Phi) is 5.45. The van der Waals surface area contributed by atoms with Crippen LogP contribution in [-0.4, -0.2) is 22.8 Å². The quantitative estimate of drug-likeness (QED) is 0.459. The van der Waals surface area contributed by atoms with Gasteiger partial charge in [0.05, 0.1) is 16.6 Å². The van der Waals surface area contributed by atoms with Crippen LogP contribution < -0.4 is 9.47 Å². The van der Waals surface area contributed by atoms with Crippen molar-refractivity contribution >= 4 is 34.6 Å². The fourth-order valence-electron chi connectivity index (χ4n) is 3.76. The summed E-state index contributed by atoms with van der Waals surface area (Å²) in [4.78, 5) is 20.8. The van der Waals surface area contributed by atoms with Gasteiger partial charge in [0.25, 0.3) is 5.91 Å². The highest BCUT2D eigenvalue weighted by molar-refractivity contribution is 8.18. The Bertz CT molecular complexity index is 1220. The number of benzene rings is 3. The lowest BCUT2D eigenvalue weighted by atomic mass is 10.1. The Balaban J connectivity index is 1.55. The van der Waals surface area contributed by atoms with E-state index in [-0.39, 0.29) is 18.7 Å². The van der Waals surface area contributed by atoms with Gasteiger partial charge in [-0.2, -0.15) is 0 Å². The summed E-state index contributed by atoms with van der Waals surface area (Å²) < 4.78 is 11.0. The van der Waals surface area contributed by atoms with Crippen molar-refractivity contribution < 1.29 is 14.3 Å². The zero-order valence-electron chi connectivity index (χ0n) is 17.8. The molecule has 2 aliphatic heterocycles. The number of nitrogens with zero attached hydrogens (tertiary/aromatic N) is 2. The Morgan fingerprint density at radius 2 is 1.66 bits per heavy atom. The monoisotopic (exact) mass is 442 g/mol. The number of carbonyl (C=O) groups excluding carboxylic acids is 1. The predicted octanol–water partition coefficient (Wildman–Crippen LogP) is 6.09. The van der Waals surface area contributed by atoms with Crippen molar-refractivity contribution in [2.75, 3.05) is 6.79 Å². The molecule has 0 saturated carbocycles. The molecule has 6 heteroatoms. The van der Waals surface area contributed by atoms with Crippen LogP contribution in [0.1, 0.15) is 29.7 Å². The average molecular weight is 443 g/mol. The van der Waals surface area contributed by atoms with Gasteiger partial charge in [0.15, 0.2) is 16.7 Å². The van der Waals surface area contributed by atoms with Gasteiger partial charge in [0, 0.05) is 0 Å². The molecule has 0 spiro atoms. The number of aryl methyl sites for hydroxylation is 1. The van der Waals surface area contributed by atoms with Gasteiger partial charge < -0.3 is 9.47 Å². The van der Waals surface area contributed by atoms with Crippen molar-refractivity contribution in [3.63, 3.8) is 0 Å². The summed E-state index contributed by atoms with van der Waals surface area (Å²) in [6.07, 6.45) is 1.92. The molecular weight excluding hydrogens is 420 g/mol. The second kappa shape index (κ2) is 8.55. The van der Waals surface area contributed by atoms with E-state index in [4.69, 9.17) is 14.5 Å². The first-order valence-corrected chi connectivity index (χ1v) is 11.2. The summed E-state index contributed by atoms with van der Waals surface area (Å²) in [6.45, 7) is 4.25. The summed E-state index contributed by atoms with van der Waals surface area (Å²) in [5.74, 6) is 1.38. The summed E-state index contributed by atoms with van der Waals surface area (Å²) in [5, 5.41) is 0.669. The number of fused-ring (bicyclic) bond motifs is 1. The molecule has 0 aliphatic carbocycles. The highest BCUT2D eigenvalue weighted by Crippen LogP contribution is 2.41. The smallest absolute Gasteiger partial charge is 0.267 e. The third-order valence-electron chi connectivity index (χ3n) is 5.53. The number of ether oxygens (including phenoxy) is 2. The molecule has 3 aromatic rings. The van der Waals surface area contributed by atoms with Gasteiger partial charge >= 0.3 is 0 Å². The molecule has 32 heavy (non-hydrogen) atoms. The number of amidine groups is 1. The molecule has 160 valence electrons. The molecule has 5 nitrogen and oxygen atoms in total. The van der Waals surface area contributed by atoms with Gasteiger partial charge in [0.1, 0.15) is 0 Å². The van der Waals surface area contributed by atoms with E-state index in [1.807, 2.05) is 92.7 Å². The lowest BCUT2D eigenvalue weighted by Gasteiger charge is -2.24. The van der Waals surface area contributed by atoms with Crippen LogP contribution in [0, 0.1) is 6.92 Å². The first-order chi connectivity index (χ1) is 15.6. The van der Waals surface area contributed by atoms with Gasteiger partial charge in [-0.3, -0.25) is 9.69 Å². The molecular formula is C26H22N2O3S. The van der Waals surface area contributed by atoms with E-state index in [2.05, 4.69) is 0 Å². The number of para-hydroxylation sites is 1. The zero-order chi connectivity index (χ0) is 22.1. The molecule has 0 aromatic heterocycles. The van der Waals surface area contributed by atoms with Crippen LogP contribution in [0.4, 0.5) is 5.69 Å². The normalized spacial score (nSPS) is 18.6. The van der Waals surface area contributed by atoms with Gasteiger partial charge in [0.2, 0.25) is 6.79 Å². The van der Waals surface area contributed by atoms with Crippen LogP contribution in [0.5, 0.6) is 11.5 Å². The van der Waals surface area contributed by atoms with Crippen LogP contribution in [0.25, 0.3) is 6.08 Å². The highest BCUT2D eigenvalue weighted by Gasteiger charge is 2.37. The van der Waals surface area contributed by atoms with E-state index in [1.165, 1.54) is 11.8 Å². The fourth-order valence-corrected chi connectivity index (χ4v) is 4.81. The minimum absolute atomic E-state index is 0.0573. The number of rotatable bonds is 4. The summed E-state index contributed by atoms with van der Waals surface area (Å²) in [7, 11) is 0. The zero-order valence-corrected chi connectivity index (χ0v) is 18.6. The Hall–Kier alpha value is -3.51. The van der Waals surface area contributed by atoms with E-state index in [1.54, 1.807) is 4.90 Å². The van der Waals surface area contributed by atoms with E-state index in [9.17, 15) is 4.79 Å². The van der Waals surface area contributed by atoms with Gasteiger partial charge in [-0.1, -0.05) is 48.5 Å². The highest BCUT2D eigenvalue weighted by atomic mass is 32.2. The van der Waals surface area contributed by atoms with Crippen molar-refractivity contribution in [2.45, 2.75) is 19.9 Å². The molecule has 0 N–H and O–H groups in total. The summed E-state index contributed by atoms with van der Waals surface area (Å²) in [5.41, 5.74) is 3.82. The lowest BCUT2D eigenvalue weighted by Crippen LogP contribution is -2.32. The Labute approximate surface area is 191 Å². The fraction of sp³-hybridized carbons (Fsp3) is 0.154. The van der Waals surface area contributed by atoms with Crippen LogP contribution in [0.2, 0.25) is 0 Å². The molecule has 5 rings (SSSR count). The SMILES string of the molecule is Cc1cc2c(cc1/C=C1/SC(=Nc3ccccc3)N([C@@H](C)c3ccccc3)C1=O)OCO2. The number of thioether (sulfide) groups is 1. The molecule has 0 bridgehead atoms. The van der Waals surface area contributed by atoms with Crippen molar-refractivity contribution in [3.05, 3.63) is 94.4 Å². The molecule has 2 heterocycles. The summed E-state index contributed by atoms with van der Waals surface area (Å²) >= 11 is 1.40. The molecule has 1 amide bonds. The Morgan fingerprint density at radius 1 is 1.00 bits per heavy atom. The van der Waals surface area contributed by atoms with Gasteiger partial charge in [-0.25, -0.2) is 4.99 Å². The molecule has 1 saturated heterocycles. The number of hydrogen-bond acceptors (Lipinski definition) is 5. The maximum absolute atomic E-state index is 13.6. The first-order valence-electron chi connectivity index (χ1n) is 10.4. The van der Waals surface area contributed by atoms with E-state index in [0.717, 1.165) is 28.1 Å². The number of carbonyl (C=O) groups is 1. The molecule has 0 radical (unpaired) electrons. The topological polar surface area (TPSA) is 51.1 Å². The average Bonchev–Trinajstić information content (AvgIpc) is 3.38. The van der Waals surface area contributed by atoms with Crippen LogP contribution in [-0.2, 0) is 4.79 Å². The lowest BCUT2D eigenvalue weighted by molar-refractivity contribution is -0.123. The standard InChI is InChI=1S/C26H22N2O3S/c1-17-13-22-23(31-16-30-22)14-20(17)15-24-25(29)28(18(2)19-9-5-3-6-10-19)26(32-24)27-21-11-7-4-8-12-21/h3-15,18H,16H2,1-2H3/b24-15+,27-26?/t18-/m0/s1. The van der Waals surface area contributed by atoms with Crippen molar-refractivity contribution in [1.29, 1.82) is 0 Å². The predicted molar refractivity (Wildman–Crippen MR) is 128 cm³/mol. The maximum atomic E-state index is 13.6. The van der Waals surface area contributed by atoms with Gasteiger partial charge in [-0.15, -0.1) is 0 Å². The van der Waals surface area contributed by atoms with E-state index < -0.39 is 0 Å². The molecule has 2 aliphatic rings. The summed E-state index contributed by atoms with van der Waals surface area (Å²) in [6, 6.07) is 23.5. The maximum Gasteiger partial charge on any atom is 0.267 e. The third-order valence-corrected chi connectivity index (χ3v) is 6.52. The second-order valence-electron chi connectivity index (χ2n) is 7.66. The second-order valence-corrected chi connectivity index (χ2v) is 8.67. The van der Waals surface area contributed by atoms with E-state index in [0.29, 0.717) is 15.8 Å².